The summed E-state index contributed by atoms with van der Waals surface area (Å²) in [5.74, 6) is -5.20. The third-order valence-corrected chi connectivity index (χ3v) is 8.97. The monoisotopic (exact) mass is 543 g/mol. The van der Waals surface area contributed by atoms with E-state index in [0.717, 1.165) is 43.7 Å². The van der Waals surface area contributed by atoms with Crippen LogP contribution in [0.3, 0.4) is 0 Å². The van der Waals surface area contributed by atoms with Crippen molar-refractivity contribution in [3.05, 3.63) is 76.1 Å². The standard InChI is InChI=1S/C31H33N3O6/c32-31(40)27-23(36)14-18-12-17-13-20-21(33-19-8-10-34(11-9-19)15-16-4-2-1-3-5-16)6-7-22(35)26(20)29(38)24(17)28(37)25(18)30(27)39/h1-7,17-19,25,33,35,38-39H,8-15H2,(H2,32,40)/t17-,18+,25?/m1/s1. The minimum atomic E-state index is -1.11. The number of phenols is 1. The lowest BCUT2D eigenvalue weighted by Crippen LogP contribution is -2.44. The summed E-state index contributed by atoms with van der Waals surface area (Å²) >= 11 is 0. The summed E-state index contributed by atoms with van der Waals surface area (Å²) in [6.45, 7) is 2.80. The topological polar surface area (TPSA) is 153 Å². The first-order chi connectivity index (χ1) is 19.2. The van der Waals surface area contributed by atoms with Gasteiger partial charge in [-0.3, -0.25) is 19.3 Å². The van der Waals surface area contributed by atoms with Crippen molar-refractivity contribution in [2.45, 2.75) is 44.7 Å². The number of aromatic hydroxyl groups is 1. The molecule has 9 nitrogen and oxygen atoms in total. The zero-order valence-corrected chi connectivity index (χ0v) is 22.1. The minimum Gasteiger partial charge on any atom is -0.511 e. The highest BCUT2D eigenvalue weighted by atomic mass is 16.3. The normalized spacial score (nSPS) is 25.4. The van der Waals surface area contributed by atoms with E-state index in [0.29, 0.717) is 12.8 Å². The fourth-order valence-corrected chi connectivity index (χ4v) is 7.07. The molecule has 1 unspecified atom stereocenters. The number of anilines is 1. The molecule has 1 heterocycles. The van der Waals surface area contributed by atoms with Crippen LogP contribution in [-0.4, -0.2) is 56.8 Å². The second-order valence-corrected chi connectivity index (χ2v) is 11.4. The molecule has 2 aromatic rings. The number of nitrogens with one attached hydrogen (secondary N) is 1. The Labute approximate surface area is 232 Å². The lowest BCUT2D eigenvalue weighted by molar-refractivity contribution is -0.127. The highest BCUT2D eigenvalue weighted by Gasteiger charge is 2.51. The molecule has 0 spiro atoms. The van der Waals surface area contributed by atoms with Crippen LogP contribution in [0.4, 0.5) is 5.69 Å². The largest absolute Gasteiger partial charge is 0.511 e. The maximum atomic E-state index is 13.6. The Kier molecular flexibility index (Phi) is 6.62. The van der Waals surface area contributed by atoms with Crippen molar-refractivity contribution in [2.24, 2.45) is 23.5 Å². The number of nitrogens with two attached hydrogens (primary N) is 1. The third kappa shape index (κ3) is 4.44. The van der Waals surface area contributed by atoms with Crippen molar-refractivity contribution in [3.63, 3.8) is 0 Å². The number of hydrogen-bond donors (Lipinski definition) is 5. The number of aliphatic hydroxyl groups excluding tert-OH is 2. The van der Waals surface area contributed by atoms with E-state index in [4.69, 9.17) is 5.73 Å². The van der Waals surface area contributed by atoms with Gasteiger partial charge in [0.15, 0.2) is 11.6 Å². The Morgan fingerprint density at radius 2 is 1.73 bits per heavy atom. The van der Waals surface area contributed by atoms with Gasteiger partial charge in [0.1, 0.15) is 22.8 Å². The van der Waals surface area contributed by atoms with Gasteiger partial charge < -0.3 is 26.4 Å². The predicted molar refractivity (Wildman–Crippen MR) is 148 cm³/mol. The van der Waals surface area contributed by atoms with Crippen LogP contribution in [0, 0.1) is 17.8 Å². The highest BCUT2D eigenvalue weighted by molar-refractivity contribution is 6.21. The Morgan fingerprint density at radius 3 is 2.42 bits per heavy atom. The van der Waals surface area contributed by atoms with E-state index >= 15 is 0 Å². The van der Waals surface area contributed by atoms with Crippen LogP contribution in [0.25, 0.3) is 5.76 Å². The molecule has 40 heavy (non-hydrogen) atoms. The number of allylic oxidation sites excluding steroid dienone is 2. The van der Waals surface area contributed by atoms with Crippen molar-refractivity contribution >= 4 is 28.9 Å². The molecule has 1 saturated heterocycles. The van der Waals surface area contributed by atoms with E-state index in [9.17, 15) is 29.7 Å². The molecule has 3 aliphatic carbocycles. The van der Waals surface area contributed by atoms with Crippen LogP contribution in [-0.2, 0) is 27.3 Å². The van der Waals surface area contributed by atoms with Crippen molar-refractivity contribution in [3.8, 4) is 5.75 Å². The van der Waals surface area contributed by atoms with Gasteiger partial charge in [-0.2, -0.15) is 0 Å². The van der Waals surface area contributed by atoms with Crippen molar-refractivity contribution in [2.75, 3.05) is 18.4 Å². The SMILES string of the molecule is NC(=O)C1=C(O)C2C(=O)C3=C(O)c4c(O)ccc(NC5CCN(Cc6ccccc6)CC5)c4C[C@H]3C[C@H]2CC1=O. The summed E-state index contributed by atoms with van der Waals surface area (Å²) < 4.78 is 0. The van der Waals surface area contributed by atoms with Crippen LogP contribution in [0.1, 0.15) is 42.4 Å². The molecule has 6 N–H and O–H groups in total. The second-order valence-electron chi connectivity index (χ2n) is 11.4. The number of likely N-dealkylation sites (tertiary alicyclic amines) is 1. The lowest BCUT2D eigenvalue weighted by Gasteiger charge is -2.41. The first kappa shape index (κ1) is 26.1. The molecule has 3 atom stereocenters. The van der Waals surface area contributed by atoms with Gasteiger partial charge in [-0.15, -0.1) is 0 Å². The van der Waals surface area contributed by atoms with Crippen LogP contribution in [0.2, 0.25) is 0 Å². The molecule has 1 amide bonds. The summed E-state index contributed by atoms with van der Waals surface area (Å²) in [4.78, 5) is 40.4. The Morgan fingerprint density at radius 1 is 1.00 bits per heavy atom. The highest BCUT2D eigenvalue weighted by Crippen LogP contribution is 2.51. The molecule has 0 aromatic heterocycles. The molecule has 0 radical (unpaired) electrons. The molecule has 0 bridgehead atoms. The maximum absolute atomic E-state index is 13.6. The fraction of sp³-hybridized carbons (Fsp3) is 0.387. The summed E-state index contributed by atoms with van der Waals surface area (Å²) in [5, 5.41) is 36.4. The number of amides is 1. The number of aliphatic hydroxyl groups is 2. The number of phenolic OH excluding ortho intramolecular Hbond substituents is 1. The molecule has 6 rings (SSSR count). The van der Waals surface area contributed by atoms with E-state index in [2.05, 4.69) is 34.5 Å². The van der Waals surface area contributed by atoms with Crippen LogP contribution in [0.5, 0.6) is 5.75 Å². The van der Waals surface area contributed by atoms with E-state index in [1.807, 2.05) is 12.1 Å². The lowest BCUT2D eigenvalue weighted by atomic mass is 9.61. The van der Waals surface area contributed by atoms with Gasteiger partial charge in [0, 0.05) is 43.4 Å². The molecule has 4 aliphatic rings. The molecular weight excluding hydrogens is 510 g/mol. The molecule has 2 fully saturated rings. The number of ketones is 2. The number of hydrogen-bond acceptors (Lipinski definition) is 8. The maximum Gasteiger partial charge on any atom is 0.255 e. The average Bonchev–Trinajstić information content (AvgIpc) is 2.91. The molecular formula is C31H33N3O6. The Hall–Kier alpha value is -4.11. The van der Waals surface area contributed by atoms with Gasteiger partial charge >= 0.3 is 0 Å². The number of piperidine rings is 1. The van der Waals surface area contributed by atoms with Gasteiger partial charge in [0.25, 0.3) is 5.91 Å². The van der Waals surface area contributed by atoms with Crippen LogP contribution >= 0.6 is 0 Å². The van der Waals surface area contributed by atoms with Crippen LogP contribution in [0.15, 0.2) is 59.4 Å². The average molecular weight is 544 g/mol. The molecule has 9 heteroatoms. The number of rotatable bonds is 5. The van der Waals surface area contributed by atoms with Crippen molar-refractivity contribution < 1.29 is 29.7 Å². The number of nitrogens with zero attached hydrogens (tertiary/aromatic N) is 1. The first-order valence-electron chi connectivity index (χ1n) is 13.8. The van der Waals surface area contributed by atoms with Crippen molar-refractivity contribution in [1.82, 2.24) is 4.90 Å². The fourth-order valence-electron chi connectivity index (χ4n) is 7.07. The van der Waals surface area contributed by atoms with E-state index in [1.165, 1.54) is 11.6 Å². The van der Waals surface area contributed by atoms with E-state index in [-0.39, 0.29) is 41.0 Å². The predicted octanol–water partition coefficient (Wildman–Crippen LogP) is 3.39. The third-order valence-electron chi connectivity index (χ3n) is 8.97. The summed E-state index contributed by atoms with van der Waals surface area (Å²) in [5.41, 5.74) is 7.95. The second kappa shape index (κ2) is 10.1. The Bertz CT molecular complexity index is 1450. The smallest absolute Gasteiger partial charge is 0.255 e. The number of Topliss-reactive ketones (excluding diaryl/α,β-unsaturated/α-hetero) is 2. The number of carbonyl (C=O) groups excluding carboxylic acids is 3. The van der Waals surface area contributed by atoms with Gasteiger partial charge in [-0.05, 0) is 60.8 Å². The molecule has 208 valence electrons. The molecule has 2 aromatic carbocycles. The first-order valence-corrected chi connectivity index (χ1v) is 13.8. The quantitative estimate of drug-likeness (QED) is 0.284. The minimum absolute atomic E-state index is 0.0666. The van der Waals surface area contributed by atoms with Gasteiger partial charge in [-0.25, -0.2) is 0 Å². The summed E-state index contributed by atoms with van der Waals surface area (Å²) in [7, 11) is 0. The van der Waals surface area contributed by atoms with Crippen molar-refractivity contribution in [1.29, 1.82) is 0 Å². The van der Waals surface area contributed by atoms with Gasteiger partial charge in [0.05, 0.1) is 11.5 Å². The number of carbonyl (C=O) groups is 3. The number of fused-ring (bicyclic) bond motifs is 3. The zero-order chi connectivity index (χ0) is 28.1. The zero-order valence-electron chi connectivity index (χ0n) is 22.1. The van der Waals surface area contributed by atoms with E-state index in [1.54, 1.807) is 0 Å². The summed E-state index contributed by atoms with van der Waals surface area (Å²) in [6, 6.07) is 13.9. The Balaban J connectivity index is 1.25. The molecule has 1 aliphatic heterocycles. The van der Waals surface area contributed by atoms with Gasteiger partial charge in [0.2, 0.25) is 0 Å². The van der Waals surface area contributed by atoms with Gasteiger partial charge in [-0.1, -0.05) is 30.3 Å². The number of primary amides is 1. The van der Waals surface area contributed by atoms with Crippen LogP contribution < -0.4 is 11.1 Å². The summed E-state index contributed by atoms with van der Waals surface area (Å²) in [6.07, 6.45) is 2.59. The molecule has 1 saturated carbocycles. The number of benzene rings is 2. The van der Waals surface area contributed by atoms with E-state index < -0.39 is 40.6 Å².